The first-order chi connectivity index (χ1) is 2.77. The van der Waals surface area contributed by atoms with Gasteiger partial charge in [-0.2, -0.15) is 0 Å². The van der Waals surface area contributed by atoms with Crippen LogP contribution in [0.2, 0.25) is 0 Å². The monoisotopic (exact) mass is 88.1 g/mol. The summed E-state index contributed by atoms with van der Waals surface area (Å²) in [6.45, 7) is 0.847. The Bertz CT molecular complexity index is 28.7. The van der Waals surface area contributed by atoms with Crippen molar-refractivity contribution in [2.45, 2.75) is 0 Å². The predicted octanol–water partition coefficient (Wildman–Crippen LogP) is -0.298. The van der Waals surface area contributed by atoms with Crippen molar-refractivity contribution in [2.24, 2.45) is 0 Å². The lowest BCUT2D eigenvalue weighted by atomic mass is 10.6. The van der Waals surface area contributed by atoms with Crippen molar-refractivity contribution in [3.63, 3.8) is 0 Å². The summed E-state index contributed by atoms with van der Waals surface area (Å²) in [5.74, 6) is 0. The van der Waals surface area contributed by atoms with Gasteiger partial charge in [0.1, 0.15) is 0 Å². The highest BCUT2D eigenvalue weighted by Crippen LogP contribution is 1.69. The second-order valence-electron chi connectivity index (χ2n) is 1.30. The van der Waals surface area contributed by atoms with E-state index in [2.05, 4.69) is 7.05 Å². The van der Waals surface area contributed by atoms with Gasteiger partial charge in [0.15, 0.2) is 0 Å². The van der Waals surface area contributed by atoms with E-state index in [0.29, 0.717) is 6.54 Å². The van der Waals surface area contributed by atoms with Crippen LogP contribution >= 0.6 is 0 Å². The van der Waals surface area contributed by atoms with E-state index in [4.69, 9.17) is 5.11 Å². The van der Waals surface area contributed by atoms with E-state index >= 15 is 0 Å². The highest BCUT2D eigenvalue weighted by atomic mass is 16.3. The van der Waals surface area contributed by atoms with E-state index in [1.54, 1.807) is 4.90 Å². The van der Waals surface area contributed by atoms with Crippen LogP contribution < -0.4 is 0 Å². The van der Waals surface area contributed by atoms with Gasteiger partial charge in [-0.15, -0.1) is 0 Å². The Morgan fingerprint density at radius 2 is 2.33 bits per heavy atom. The van der Waals surface area contributed by atoms with Crippen LogP contribution in [0.15, 0.2) is 0 Å². The van der Waals surface area contributed by atoms with E-state index in [1.165, 1.54) is 0 Å². The third kappa shape index (κ3) is 3.92. The molecule has 0 spiro atoms. The molecule has 0 atom stereocenters. The van der Waals surface area contributed by atoms with Gasteiger partial charge in [-0.05, 0) is 7.05 Å². The molecule has 0 aromatic rings. The molecule has 0 rings (SSSR count). The third-order valence-corrected chi connectivity index (χ3v) is 0.482. The number of aliphatic hydroxyl groups is 1. The van der Waals surface area contributed by atoms with Gasteiger partial charge in [0, 0.05) is 13.6 Å². The Hall–Kier alpha value is -0.0800. The van der Waals surface area contributed by atoms with E-state index in [1.807, 2.05) is 7.05 Å². The molecule has 6 heavy (non-hydrogen) atoms. The lowest BCUT2D eigenvalue weighted by Gasteiger charge is -2.02. The van der Waals surface area contributed by atoms with E-state index in [9.17, 15) is 0 Å². The van der Waals surface area contributed by atoms with Gasteiger partial charge in [0.25, 0.3) is 0 Å². The molecule has 1 radical (unpaired) electrons. The molecule has 0 saturated carbocycles. The Kier molecular flexibility index (Phi) is 3.08. The first-order valence-corrected chi connectivity index (χ1v) is 1.90. The molecule has 0 aliphatic rings. The zero-order chi connectivity index (χ0) is 4.99. The number of likely N-dealkylation sites (N-methyl/N-ethyl adjacent to an activating group) is 1. The molecular formula is C4H10NO. The van der Waals surface area contributed by atoms with Crippen LogP contribution in [-0.2, 0) is 0 Å². The summed E-state index contributed by atoms with van der Waals surface area (Å²) in [6, 6.07) is 0. The van der Waals surface area contributed by atoms with Gasteiger partial charge in [-0.25, -0.2) is 0 Å². The summed E-state index contributed by atoms with van der Waals surface area (Å²) >= 11 is 0. The number of rotatable bonds is 2. The van der Waals surface area contributed by atoms with Crippen LogP contribution in [0.4, 0.5) is 0 Å². The molecule has 37 valence electrons. The minimum Gasteiger partial charge on any atom is -0.395 e. The summed E-state index contributed by atoms with van der Waals surface area (Å²) in [6.07, 6.45) is 0. The molecule has 0 aliphatic heterocycles. The Balaban J connectivity index is 2.63. The maximum absolute atomic E-state index is 8.16. The fourth-order valence-electron chi connectivity index (χ4n) is 0.171. The van der Waals surface area contributed by atoms with E-state index in [0.717, 1.165) is 0 Å². The van der Waals surface area contributed by atoms with Gasteiger partial charge < -0.3 is 10.0 Å². The third-order valence-electron chi connectivity index (χ3n) is 0.482. The van der Waals surface area contributed by atoms with Gasteiger partial charge >= 0.3 is 0 Å². The van der Waals surface area contributed by atoms with E-state index < -0.39 is 0 Å². The fourth-order valence-corrected chi connectivity index (χ4v) is 0.171. The van der Waals surface area contributed by atoms with Crippen molar-refractivity contribution in [3.8, 4) is 0 Å². The lowest BCUT2D eigenvalue weighted by Crippen LogP contribution is -2.13. The van der Waals surface area contributed by atoms with Crippen LogP contribution in [0.5, 0.6) is 0 Å². The molecular weight excluding hydrogens is 78.0 g/mol. The minimum absolute atomic E-state index is 0.194. The SMILES string of the molecule is [CH2]N(C)CCO. The van der Waals surface area contributed by atoms with Crippen LogP contribution in [0.25, 0.3) is 0 Å². The molecule has 0 aromatic heterocycles. The average Bonchev–Trinajstić information content (AvgIpc) is 1.35. The van der Waals surface area contributed by atoms with Crippen molar-refractivity contribution >= 4 is 0 Å². The van der Waals surface area contributed by atoms with Crippen LogP contribution in [0.1, 0.15) is 0 Å². The topological polar surface area (TPSA) is 23.5 Å². The molecule has 0 amide bonds. The van der Waals surface area contributed by atoms with Gasteiger partial charge in [0.05, 0.1) is 6.61 Å². The highest BCUT2D eigenvalue weighted by molar-refractivity contribution is 4.40. The van der Waals surface area contributed by atoms with Crippen LogP contribution in [-0.4, -0.2) is 30.2 Å². The summed E-state index contributed by atoms with van der Waals surface area (Å²) < 4.78 is 0. The average molecular weight is 88.1 g/mol. The Labute approximate surface area is 38.4 Å². The molecule has 0 fully saturated rings. The molecule has 0 saturated heterocycles. The summed E-state index contributed by atoms with van der Waals surface area (Å²) in [5, 5.41) is 8.16. The largest absolute Gasteiger partial charge is 0.395 e. The number of aliphatic hydroxyl groups excluding tert-OH is 1. The molecule has 0 bridgehead atoms. The zero-order valence-electron chi connectivity index (χ0n) is 4.02. The molecule has 2 heteroatoms. The second-order valence-corrected chi connectivity index (χ2v) is 1.30. The fraction of sp³-hybridized carbons (Fsp3) is 0.750. The van der Waals surface area contributed by atoms with Crippen molar-refractivity contribution in [1.29, 1.82) is 0 Å². The predicted molar refractivity (Wildman–Crippen MR) is 25.1 cm³/mol. The maximum atomic E-state index is 8.16. The van der Waals surface area contributed by atoms with Crippen LogP contribution in [0.3, 0.4) is 0 Å². The first-order valence-electron chi connectivity index (χ1n) is 1.90. The van der Waals surface area contributed by atoms with Gasteiger partial charge in [-0.1, -0.05) is 0 Å². The highest BCUT2D eigenvalue weighted by Gasteiger charge is 1.80. The quantitative estimate of drug-likeness (QED) is 0.501. The molecule has 0 aromatic carbocycles. The standard InChI is InChI=1S/C4H10NO/c1-5(2)3-4-6/h6H,1,3-4H2,2H3. The lowest BCUT2D eigenvalue weighted by molar-refractivity contribution is 0.253. The number of hydrogen-bond donors (Lipinski definition) is 1. The first kappa shape index (κ1) is 5.92. The van der Waals surface area contributed by atoms with E-state index in [-0.39, 0.29) is 6.61 Å². The molecule has 0 heterocycles. The normalized spacial score (nSPS) is 10.0. The second kappa shape index (κ2) is 3.12. The smallest absolute Gasteiger partial charge is 0.0558 e. The zero-order valence-corrected chi connectivity index (χ0v) is 4.02. The molecule has 1 N–H and O–H groups in total. The van der Waals surface area contributed by atoms with Gasteiger partial charge in [0.2, 0.25) is 0 Å². The molecule has 0 unspecified atom stereocenters. The Morgan fingerprint density at radius 3 is 2.33 bits per heavy atom. The van der Waals surface area contributed by atoms with Crippen molar-refractivity contribution in [2.75, 3.05) is 20.2 Å². The molecule has 0 aliphatic carbocycles. The van der Waals surface area contributed by atoms with Gasteiger partial charge in [-0.3, -0.25) is 0 Å². The van der Waals surface area contributed by atoms with Crippen molar-refractivity contribution < 1.29 is 5.11 Å². The van der Waals surface area contributed by atoms with Crippen molar-refractivity contribution in [3.05, 3.63) is 7.05 Å². The summed E-state index contributed by atoms with van der Waals surface area (Å²) in [5.41, 5.74) is 0. The minimum atomic E-state index is 0.194. The number of nitrogens with zero attached hydrogens (tertiary/aromatic N) is 1. The molecule has 2 nitrogen and oxygen atoms in total. The van der Waals surface area contributed by atoms with Crippen molar-refractivity contribution in [1.82, 2.24) is 4.90 Å². The van der Waals surface area contributed by atoms with Crippen LogP contribution in [0, 0.1) is 7.05 Å². The summed E-state index contributed by atoms with van der Waals surface area (Å²) in [4.78, 5) is 1.68. The summed E-state index contributed by atoms with van der Waals surface area (Å²) in [7, 11) is 5.32. The maximum Gasteiger partial charge on any atom is 0.0558 e. The number of hydrogen-bond acceptors (Lipinski definition) is 2. The Morgan fingerprint density at radius 1 is 1.83 bits per heavy atom.